The number of carbonyl (C=O) groups is 1. The number of Topliss-reactive ketones (excluding diaryl/α,β-unsaturated/α-hetero) is 1. The van der Waals surface area contributed by atoms with Crippen LogP contribution in [0.15, 0.2) is 0 Å². The van der Waals surface area contributed by atoms with Gasteiger partial charge in [-0.05, 0) is 53.4 Å². The summed E-state index contributed by atoms with van der Waals surface area (Å²) in [6.07, 6.45) is 2.50. The minimum absolute atomic E-state index is 0.123. The number of hydrogen-bond donors (Lipinski definition) is 0. The first-order chi connectivity index (χ1) is 7.90. The molecule has 0 heterocycles. The lowest BCUT2D eigenvalue weighted by Crippen LogP contribution is -2.22. The molecule has 17 heavy (non-hydrogen) atoms. The maximum Gasteiger partial charge on any atom is 0.133 e. The zero-order valence-electron chi connectivity index (χ0n) is 11.7. The average molecular weight is 242 g/mol. The lowest BCUT2D eigenvalue weighted by molar-refractivity contribution is -0.122. The van der Waals surface area contributed by atoms with Crippen LogP contribution < -0.4 is 0 Å². The van der Waals surface area contributed by atoms with Gasteiger partial charge < -0.3 is 9.47 Å². The summed E-state index contributed by atoms with van der Waals surface area (Å²) in [4.78, 5) is 11.6. The van der Waals surface area contributed by atoms with Crippen LogP contribution >= 0.6 is 0 Å². The van der Waals surface area contributed by atoms with Gasteiger partial charge in [0.1, 0.15) is 5.78 Å². The Bertz CT molecular complexity index is 248. The van der Waals surface area contributed by atoms with Gasteiger partial charge in [-0.2, -0.15) is 0 Å². The first kappa shape index (κ1) is 14.7. The number of rotatable bonds is 6. The highest BCUT2D eigenvalue weighted by molar-refractivity contribution is 5.79. The normalized spacial score (nSPS) is 29.2. The maximum atomic E-state index is 11.6. The fourth-order valence-electron chi connectivity index (χ4n) is 2.57. The Kier molecular flexibility index (Phi) is 5.60. The Labute approximate surface area is 105 Å². The summed E-state index contributed by atoms with van der Waals surface area (Å²) in [7, 11) is 0. The molecule has 1 saturated carbocycles. The van der Waals surface area contributed by atoms with E-state index in [1.165, 1.54) is 0 Å². The van der Waals surface area contributed by atoms with Crippen molar-refractivity contribution in [3.63, 3.8) is 0 Å². The molecule has 0 amide bonds. The molecule has 100 valence electrons. The number of hydrogen-bond acceptors (Lipinski definition) is 3. The molecule has 0 radical (unpaired) electrons. The highest BCUT2D eigenvalue weighted by Gasteiger charge is 2.37. The summed E-state index contributed by atoms with van der Waals surface area (Å²) < 4.78 is 11.5. The Balaban J connectivity index is 2.51. The van der Waals surface area contributed by atoms with Crippen molar-refractivity contribution in [3.05, 3.63) is 0 Å². The lowest BCUT2D eigenvalue weighted by Gasteiger charge is -2.18. The molecule has 0 aromatic heterocycles. The topological polar surface area (TPSA) is 35.5 Å². The summed E-state index contributed by atoms with van der Waals surface area (Å²) in [6, 6.07) is 0. The Morgan fingerprint density at radius 1 is 1.18 bits per heavy atom. The van der Waals surface area contributed by atoms with E-state index in [4.69, 9.17) is 9.47 Å². The highest BCUT2D eigenvalue weighted by Crippen LogP contribution is 2.35. The van der Waals surface area contributed by atoms with Crippen molar-refractivity contribution in [1.82, 2.24) is 0 Å². The molecule has 0 aromatic carbocycles. The van der Waals surface area contributed by atoms with Gasteiger partial charge in [-0.15, -0.1) is 0 Å². The Hall–Kier alpha value is -0.410. The molecule has 0 N–H and O–H groups in total. The molecule has 1 aliphatic rings. The fraction of sp³-hybridized carbons (Fsp3) is 0.929. The average Bonchev–Trinajstić information content (AvgIpc) is 2.57. The van der Waals surface area contributed by atoms with Gasteiger partial charge in [-0.1, -0.05) is 0 Å². The van der Waals surface area contributed by atoms with Crippen molar-refractivity contribution in [1.29, 1.82) is 0 Å². The highest BCUT2D eigenvalue weighted by atomic mass is 16.5. The van der Waals surface area contributed by atoms with Crippen molar-refractivity contribution in [3.8, 4) is 0 Å². The van der Waals surface area contributed by atoms with E-state index in [1.807, 2.05) is 27.7 Å². The molecule has 0 spiro atoms. The predicted molar refractivity (Wildman–Crippen MR) is 68.0 cm³/mol. The van der Waals surface area contributed by atoms with Gasteiger partial charge in [0.05, 0.1) is 24.9 Å². The summed E-state index contributed by atoms with van der Waals surface area (Å²) in [5.74, 6) is 0.730. The van der Waals surface area contributed by atoms with E-state index in [1.54, 1.807) is 6.92 Å². The number of carbonyl (C=O) groups excluding carboxylic acids is 1. The third kappa shape index (κ3) is 4.76. The summed E-state index contributed by atoms with van der Waals surface area (Å²) >= 11 is 0. The molecule has 1 rings (SSSR count). The molecule has 3 atom stereocenters. The van der Waals surface area contributed by atoms with Crippen LogP contribution in [0, 0.1) is 11.8 Å². The van der Waals surface area contributed by atoms with E-state index in [0.717, 1.165) is 12.8 Å². The van der Waals surface area contributed by atoms with Gasteiger partial charge in [0.25, 0.3) is 0 Å². The second-order valence-electron chi connectivity index (χ2n) is 5.64. The zero-order chi connectivity index (χ0) is 13.0. The van der Waals surface area contributed by atoms with Crippen LogP contribution in [0.25, 0.3) is 0 Å². The molecule has 1 unspecified atom stereocenters. The van der Waals surface area contributed by atoms with Crippen molar-refractivity contribution in [2.45, 2.75) is 65.8 Å². The SMILES string of the molecule is CC(=O)C1C[C@H](OC(C)C)C[C@H]1COC(C)C. The van der Waals surface area contributed by atoms with Crippen molar-refractivity contribution < 1.29 is 14.3 Å². The van der Waals surface area contributed by atoms with Crippen LogP contribution in [0.2, 0.25) is 0 Å². The minimum Gasteiger partial charge on any atom is -0.378 e. The molecule has 1 aliphatic carbocycles. The summed E-state index contributed by atoms with van der Waals surface area (Å²) in [5.41, 5.74) is 0. The van der Waals surface area contributed by atoms with Crippen LogP contribution in [0.5, 0.6) is 0 Å². The molecule has 3 heteroatoms. The number of ether oxygens (including phenoxy) is 2. The molecule has 0 aromatic rings. The van der Waals surface area contributed by atoms with E-state index >= 15 is 0 Å². The first-order valence-electron chi connectivity index (χ1n) is 6.67. The van der Waals surface area contributed by atoms with Crippen molar-refractivity contribution in [2.24, 2.45) is 11.8 Å². The van der Waals surface area contributed by atoms with Crippen LogP contribution in [0.4, 0.5) is 0 Å². The van der Waals surface area contributed by atoms with E-state index in [-0.39, 0.29) is 30.0 Å². The van der Waals surface area contributed by atoms with E-state index in [2.05, 4.69) is 0 Å². The molecule has 3 nitrogen and oxygen atoms in total. The molecular formula is C14H26O3. The molecular weight excluding hydrogens is 216 g/mol. The second kappa shape index (κ2) is 6.50. The molecule has 0 aliphatic heterocycles. The van der Waals surface area contributed by atoms with Crippen LogP contribution in [0.1, 0.15) is 47.5 Å². The van der Waals surface area contributed by atoms with Crippen LogP contribution in [0.3, 0.4) is 0 Å². The van der Waals surface area contributed by atoms with Gasteiger partial charge in [0.2, 0.25) is 0 Å². The second-order valence-corrected chi connectivity index (χ2v) is 5.64. The quantitative estimate of drug-likeness (QED) is 0.718. The molecule has 1 fully saturated rings. The van der Waals surface area contributed by atoms with Gasteiger partial charge >= 0.3 is 0 Å². The van der Waals surface area contributed by atoms with Crippen LogP contribution in [-0.2, 0) is 14.3 Å². The van der Waals surface area contributed by atoms with Gasteiger partial charge in [-0.25, -0.2) is 0 Å². The third-order valence-electron chi connectivity index (χ3n) is 3.28. The third-order valence-corrected chi connectivity index (χ3v) is 3.28. The Morgan fingerprint density at radius 2 is 1.82 bits per heavy atom. The smallest absolute Gasteiger partial charge is 0.133 e. The molecule has 0 saturated heterocycles. The lowest BCUT2D eigenvalue weighted by atomic mass is 9.93. The van der Waals surface area contributed by atoms with E-state index in [0.29, 0.717) is 12.5 Å². The van der Waals surface area contributed by atoms with E-state index in [9.17, 15) is 4.79 Å². The Morgan fingerprint density at radius 3 is 2.29 bits per heavy atom. The standard InChI is InChI=1S/C14H26O3/c1-9(2)16-8-12-6-13(17-10(3)4)7-14(12)11(5)15/h9-10,12-14H,6-8H2,1-5H3/t12-,13+,14?/m0/s1. The largest absolute Gasteiger partial charge is 0.378 e. The number of ketones is 1. The minimum atomic E-state index is 0.123. The summed E-state index contributed by atoms with van der Waals surface area (Å²) in [5, 5.41) is 0. The first-order valence-corrected chi connectivity index (χ1v) is 6.67. The fourth-order valence-corrected chi connectivity index (χ4v) is 2.57. The van der Waals surface area contributed by atoms with Crippen molar-refractivity contribution >= 4 is 5.78 Å². The monoisotopic (exact) mass is 242 g/mol. The predicted octanol–water partition coefficient (Wildman–Crippen LogP) is 2.82. The van der Waals surface area contributed by atoms with Crippen molar-refractivity contribution in [2.75, 3.05) is 6.61 Å². The molecule has 0 bridgehead atoms. The van der Waals surface area contributed by atoms with Gasteiger partial charge in [0.15, 0.2) is 0 Å². The summed E-state index contributed by atoms with van der Waals surface area (Å²) in [6.45, 7) is 10.5. The van der Waals surface area contributed by atoms with Crippen LogP contribution in [-0.4, -0.2) is 30.7 Å². The van der Waals surface area contributed by atoms with Gasteiger partial charge in [-0.3, -0.25) is 4.79 Å². The maximum absolute atomic E-state index is 11.6. The van der Waals surface area contributed by atoms with E-state index < -0.39 is 0 Å². The zero-order valence-corrected chi connectivity index (χ0v) is 11.7. The van der Waals surface area contributed by atoms with Gasteiger partial charge in [0, 0.05) is 5.92 Å².